The second-order valence-corrected chi connectivity index (χ2v) is 10.3. The zero-order valence-electron chi connectivity index (χ0n) is 24.5. The molecule has 42 heavy (non-hydrogen) atoms. The van der Waals surface area contributed by atoms with E-state index in [9.17, 15) is 29.4 Å². The lowest BCUT2D eigenvalue weighted by Gasteiger charge is -2.27. The molecule has 0 aliphatic heterocycles. The van der Waals surface area contributed by atoms with E-state index in [4.69, 9.17) is 10.6 Å². The molecular weight excluding hydrogens is 542 g/mol. The average Bonchev–Trinajstić information content (AvgIpc) is 2.96. The van der Waals surface area contributed by atoms with Gasteiger partial charge < -0.3 is 31.4 Å². The molecule has 0 radical (unpaired) electrons. The van der Waals surface area contributed by atoms with Crippen molar-refractivity contribution < 1.29 is 34.2 Å². The summed E-state index contributed by atoms with van der Waals surface area (Å²) in [5.41, 5.74) is 7.50. The van der Waals surface area contributed by atoms with Crippen LogP contribution in [0.25, 0.3) is 0 Å². The Kier molecular flexibility index (Phi) is 14.4. The standard InChI is InChI=1S/C30H43N5O7/c1-4-6-10-24(33-27(37)23(31)17-21-9-8-16-32-19-21)28(38)34-25(18-20-12-14-22(36)15-13-20)30(41)42-35(3)26(29(39)40)11-7-5-2/h8-9,12-16,19,23-26,36H,4-7,10-11,17-18,31H2,1-3H3,(H,33,37)(H,34,38)(H,39,40)/t23-,24-,25-,26-/m0/s1. The van der Waals surface area contributed by atoms with Crippen molar-refractivity contribution in [1.82, 2.24) is 20.7 Å². The van der Waals surface area contributed by atoms with Crippen LogP contribution >= 0.6 is 0 Å². The maximum absolute atomic E-state index is 13.5. The number of carboxylic acid groups (broad SMARTS) is 1. The Labute approximate surface area is 246 Å². The summed E-state index contributed by atoms with van der Waals surface area (Å²) in [5, 5.41) is 25.7. The van der Waals surface area contributed by atoms with E-state index in [2.05, 4.69) is 15.6 Å². The number of phenolic OH excluding ortho intramolecular Hbond substituents is 1. The Balaban J connectivity index is 2.21. The van der Waals surface area contributed by atoms with Gasteiger partial charge in [0.15, 0.2) is 0 Å². The molecule has 0 aliphatic carbocycles. The van der Waals surface area contributed by atoms with Gasteiger partial charge in [-0.1, -0.05) is 57.7 Å². The highest BCUT2D eigenvalue weighted by atomic mass is 16.7. The van der Waals surface area contributed by atoms with E-state index in [1.165, 1.54) is 19.2 Å². The maximum atomic E-state index is 13.5. The minimum atomic E-state index is -1.21. The average molecular weight is 586 g/mol. The number of likely N-dealkylation sites (N-methyl/N-ethyl adjacent to an activating group) is 1. The van der Waals surface area contributed by atoms with Crippen molar-refractivity contribution in [3.05, 3.63) is 59.9 Å². The first kappa shape index (κ1) is 34.2. The van der Waals surface area contributed by atoms with Crippen LogP contribution in [-0.4, -0.2) is 75.2 Å². The third-order valence-corrected chi connectivity index (χ3v) is 6.76. The van der Waals surface area contributed by atoms with E-state index in [1.807, 2.05) is 13.8 Å². The summed E-state index contributed by atoms with van der Waals surface area (Å²) in [6.45, 7) is 3.87. The maximum Gasteiger partial charge on any atom is 0.347 e. The number of carboxylic acids is 1. The highest BCUT2D eigenvalue weighted by Crippen LogP contribution is 2.14. The van der Waals surface area contributed by atoms with Crippen molar-refractivity contribution in [3.8, 4) is 5.75 Å². The second-order valence-electron chi connectivity index (χ2n) is 10.3. The van der Waals surface area contributed by atoms with Crippen LogP contribution in [-0.2, 0) is 36.9 Å². The molecule has 1 aromatic heterocycles. The fourth-order valence-corrected chi connectivity index (χ4v) is 4.28. The number of nitrogens with two attached hydrogens (primary N) is 1. The monoisotopic (exact) mass is 585 g/mol. The smallest absolute Gasteiger partial charge is 0.347 e. The first-order valence-electron chi connectivity index (χ1n) is 14.3. The zero-order valence-corrected chi connectivity index (χ0v) is 24.5. The number of carbonyl (C=O) groups is 4. The fourth-order valence-electron chi connectivity index (χ4n) is 4.28. The molecule has 0 saturated heterocycles. The summed E-state index contributed by atoms with van der Waals surface area (Å²) in [7, 11) is 1.36. The van der Waals surface area contributed by atoms with Crippen molar-refractivity contribution in [2.24, 2.45) is 5.73 Å². The molecule has 6 N–H and O–H groups in total. The van der Waals surface area contributed by atoms with Crippen LogP contribution in [0.2, 0.25) is 0 Å². The van der Waals surface area contributed by atoms with Gasteiger partial charge in [-0.25, -0.2) is 4.79 Å². The van der Waals surface area contributed by atoms with Crippen LogP contribution in [0, 0.1) is 0 Å². The molecule has 1 aromatic carbocycles. The first-order chi connectivity index (χ1) is 20.0. The molecule has 1 heterocycles. The number of pyridine rings is 1. The molecule has 2 amide bonds. The van der Waals surface area contributed by atoms with Crippen LogP contribution in [0.4, 0.5) is 0 Å². The number of carbonyl (C=O) groups excluding carboxylic acids is 3. The number of rotatable bonds is 18. The summed E-state index contributed by atoms with van der Waals surface area (Å²) in [6.07, 6.45) is 6.82. The van der Waals surface area contributed by atoms with Gasteiger partial charge in [0.25, 0.3) is 0 Å². The zero-order chi connectivity index (χ0) is 31.1. The summed E-state index contributed by atoms with van der Waals surface area (Å²) < 4.78 is 0. The lowest BCUT2D eigenvalue weighted by molar-refractivity contribution is -0.202. The summed E-state index contributed by atoms with van der Waals surface area (Å²) >= 11 is 0. The fraction of sp³-hybridized carbons (Fsp3) is 0.500. The molecule has 0 spiro atoms. The minimum Gasteiger partial charge on any atom is -0.508 e. The number of nitrogens with zero attached hydrogens (tertiary/aromatic N) is 2. The topological polar surface area (TPSA) is 184 Å². The number of hydrogen-bond donors (Lipinski definition) is 5. The second kappa shape index (κ2) is 17.7. The van der Waals surface area contributed by atoms with Gasteiger partial charge in [-0.2, -0.15) is 0 Å². The molecule has 4 atom stereocenters. The predicted octanol–water partition coefficient (Wildman–Crippen LogP) is 2.09. The normalized spacial score (nSPS) is 13.9. The van der Waals surface area contributed by atoms with Crippen LogP contribution in [0.3, 0.4) is 0 Å². The van der Waals surface area contributed by atoms with E-state index in [1.54, 1.807) is 36.7 Å². The number of aromatic nitrogens is 1. The van der Waals surface area contributed by atoms with Gasteiger partial charge in [-0.3, -0.25) is 19.4 Å². The first-order valence-corrected chi connectivity index (χ1v) is 14.3. The lowest BCUT2D eigenvalue weighted by atomic mass is 10.0. The number of aromatic hydroxyl groups is 1. The summed E-state index contributed by atoms with van der Waals surface area (Å²) in [5.74, 6) is -3.09. The summed E-state index contributed by atoms with van der Waals surface area (Å²) in [4.78, 5) is 60.9. The van der Waals surface area contributed by atoms with Gasteiger partial charge in [-0.05, 0) is 48.6 Å². The molecule has 0 aliphatic rings. The number of amides is 2. The van der Waals surface area contributed by atoms with E-state index < -0.39 is 47.9 Å². The largest absolute Gasteiger partial charge is 0.508 e. The molecule has 2 aromatic rings. The Morgan fingerprint density at radius 1 is 0.929 bits per heavy atom. The molecule has 0 bridgehead atoms. The van der Waals surface area contributed by atoms with Gasteiger partial charge in [0.05, 0.1) is 6.04 Å². The van der Waals surface area contributed by atoms with Crippen molar-refractivity contribution in [2.75, 3.05) is 7.05 Å². The number of hydrogen-bond acceptors (Lipinski definition) is 9. The number of benzene rings is 1. The van der Waals surface area contributed by atoms with Gasteiger partial charge >= 0.3 is 11.9 Å². The van der Waals surface area contributed by atoms with Crippen molar-refractivity contribution in [1.29, 1.82) is 0 Å². The van der Waals surface area contributed by atoms with Gasteiger partial charge in [0.1, 0.15) is 23.9 Å². The van der Waals surface area contributed by atoms with E-state index in [-0.39, 0.29) is 25.0 Å². The van der Waals surface area contributed by atoms with Gasteiger partial charge in [-0.15, -0.1) is 5.06 Å². The minimum absolute atomic E-state index is 0.000354. The molecule has 0 fully saturated rings. The Bertz CT molecular complexity index is 1150. The highest BCUT2D eigenvalue weighted by molar-refractivity contribution is 5.92. The Morgan fingerprint density at radius 3 is 2.17 bits per heavy atom. The van der Waals surface area contributed by atoms with Crippen LogP contribution in [0.1, 0.15) is 63.5 Å². The molecule has 0 saturated carbocycles. The van der Waals surface area contributed by atoms with Crippen LogP contribution in [0.15, 0.2) is 48.8 Å². The molecule has 0 unspecified atom stereocenters. The number of hydroxylamine groups is 2. The Morgan fingerprint density at radius 2 is 1.57 bits per heavy atom. The van der Waals surface area contributed by atoms with Crippen molar-refractivity contribution in [2.45, 2.75) is 89.4 Å². The van der Waals surface area contributed by atoms with E-state index in [0.29, 0.717) is 24.8 Å². The van der Waals surface area contributed by atoms with Gasteiger partial charge in [0, 0.05) is 25.9 Å². The third kappa shape index (κ3) is 11.5. The van der Waals surface area contributed by atoms with Crippen LogP contribution < -0.4 is 16.4 Å². The molecule has 230 valence electrons. The molecule has 12 heteroatoms. The molecule has 12 nitrogen and oxygen atoms in total. The number of phenols is 1. The summed E-state index contributed by atoms with van der Waals surface area (Å²) in [6, 6.07) is 5.47. The van der Waals surface area contributed by atoms with Crippen molar-refractivity contribution >= 4 is 23.8 Å². The van der Waals surface area contributed by atoms with Gasteiger partial charge in [0.2, 0.25) is 11.8 Å². The SMILES string of the molecule is CCCC[C@H](NC(=O)[C@@H](N)Cc1cccnc1)C(=O)N[C@@H](Cc1ccc(O)cc1)C(=O)ON(C)[C@@H](CCCC)C(=O)O. The lowest BCUT2D eigenvalue weighted by Crippen LogP contribution is -2.56. The third-order valence-electron chi connectivity index (χ3n) is 6.76. The molecular formula is C30H43N5O7. The van der Waals surface area contributed by atoms with E-state index >= 15 is 0 Å². The number of aliphatic carboxylic acids is 1. The van der Waals surface area contributed by atoms with Crippen molar-refractivity contribution in [3.63, 3.8) is 0 Å². The Hall–Kier alpha value is -4.03. The highest BCUT2D eigenvalue weighted by Gasteiger charge is 2.32. The quantitative estimate of drug-likeness (QED) is 0.162. The van der Waals surface area contributed by atoms with Crippen LogP contribution in [0.5, 0.6) is 5.75 Å². The predicted molar refractivity (Wildman–Crippen MR) is 156 cm³/mol. The number of unbranched alkanes of at least 4 members (excludes halogenated alkanes) is 2. The van der Waals surface area contributed by atoms with E-state index in [0.717, 1.165) is 23.5 Å². The molecule has 2 rings (SSSR count). The number of nitrogens with one attached hydrogen (secondary N) is 2.